The van der Waals surface area contributed by atoms with Gasteiger partial charge in [-0.1, -0.05) is 58.0 Å². The average Bonchev–Trinajstić information content (AvgIpc) is 3.51. The third kappa shape index (κ3) is 9.62. The quantitative estimate of drug-likeness (QED) is 0.200. The molecular weight excluding hydrogens is 746 g/mol. The van der Waals surface area contributed by atoms with Crippen LogP contribution in [0.25, 0.3) is 11.3 Å². The van der Waals surface area contributed by atoms with Gasteiger partial charge in [-0.3, -0.25) is 24.2 Å². The molecule has 58 heavy (non-hydrogen) atoms. The number of aliphatic hydroxyl groups excluding tert-OH is 1. The summed E-state index contributed by atoms with van der Waals surface area (Å²) in [7, 11) is 3.67. The monoisotopic (exact) mass is 807 g/mol. The van der Waals surface area contributed by atoms with Crippen LogP contribution in [0.1, 0.15) is 86.6 Å². The Hall–Kier alpha value is -4.24. The molecule has 1 amide bonds. The van der Waals surface area contributed by atoms with Crippen LogP contribution in [0.3, 0.4) is 0 Å². The summed E-state index contributed by atoms with van der Waals surface area (Å²) < 4.78 is 30.9. The Morgan fingerprint density at radius 2 is 1.67 bits per heavy atom. The molecule has 0 unspecified atom stereocenters. The normalized spacial score (nSPS) is 36.4. The standard InChI is InChI=1S/C44H61N3O11/c1-11-34-44(8)31(21-35(48)57-44)26(4)36(49)24(2)22-43(7,58-42(53)46-23-29-15-17-30(18-16-29)32-14-12-13-19-45-32)39(27(5)37(50)28(6)40(52)55-34)56-41-38(51)33(47(9)10)20-25(3)54-41/h12-19,24-28,31,33-34,38-39,41,51H,11,20-23H2,1-10H3,(H,46,53)/t24-,25-,26-,27+,28-,31-,33+,34-,38-,39-,41+,43-,44+/m1/s1. The number of nitrogens with zero attached hydrogens (tertiary/aromatic N) is 2. The van der Waals surface area contributed by atoms with Crippen molar-refractivity contribution in [2.75, 3.05) is 14.1 Å². The fourth-order valence-electron chi connectivity index (χ4n) is 9.14. The van der Waals surface area contributed by atoms with E-state index >= 15 is 0 Å². The molecule has 1 aromatic heterocycles. The molecule has 2 aromatic rings. The van der Waals surface area contributed by atoms with Gasteiger partial charge in [0.05, 0.1) is 18.2 Å². The molecule has 0 spiro atoms. The van der Waals surface area contributed by atoms with Crippen molar-refractivity contribution in [1.29, 1.82) is 0 Å². The van der Waals surface area contributed by atoms with E-state index in [1.165, 1.54) is 6.92 Å². The third-order valence-corrected chi connectivity index (χ3v) is 12.5. The molecule has 5 rings (SSSR count). The van der Waals surface area contributed by atoms with Gasteiger partial charge < -0.3 is 39.0 Å². The van der Waals surface area contributed by atoms with E-state index in [0.717, 1.165) is 16.8 Å². The van der Waals surface area contributed by atoms with Gasteiger partial charge in [-0.25, -0.2) is 4.79 Å². The van der Waals surface area contributed by atoms with Gasteiger partial charge in [-0.05, 0) is 78.7 Å². The highest BCUT2D eigenvalue weighted by Crippen LogP contribution is 2.45. The van der Waals surface area contributed by atoms with E-state index in [2.05, 4.69) is 10.3 Å². The Balaban J connectivity index is 1.52. The molecule has 14 heteroatoms. The number of Topliss-reactive ketones (excluding diaryl/α,β-unsaturated/α-hetero) is 2. The minimum atomic E-state index is -1.72. The number of benzene rings is 1. The number of alkyl carbamates (subject to hydrolysis) is 1. The number of cyclic esters (lactones) is 1. The second-order valence-corrected chi connectivity index (χ2v) is 17.1. The van der Waals surface area contributed by atoms with Crippen molar-refractivity contribution in [3.8, 4) is 11.3 Å². The van der Waals surface area contributed by atoms with Crippen LogP contribution in [-0.4, -0.2) is 107 Å². The first-order chi connectivity index (χ1) is 27.3. The first-order valence-corrected chi connectivity index (χ1v) is 20.4. The maximum Gasteiger partial charge on any atom is 0.408 e. The lowest BCUT2D eigenvalue weighted by atomic mass is 9.70. The van der Waals surface area contributed by atoms with Gasteiger partial charge in [0, 0.05) is 48.0 Å². The number of hydrogen-bond donors (Lipinski definition) is 2. The topological polar surface area (TPSA) is 180 Å². The maximum atomic E-state index is 14.5. The van der Waals surface area contributed by atoms with Crippen LogP contribution in [0.2, 0.25) is 0 Å². The number of fused-ring (bicyclic) bond motifs is 1. The minimum absolute atomic E-state index is 0.0669. The van der Waals surface area contributed by atoms with Crippen LogP contribution in [-0.2, 0) is 49.4 Å². The van der Waals surface area contributed by atoms with Crippen molar-refractivity contribution < 1.29 is 52.8 Å². The molecular formula is C44H61N3O11. The number of aliphatic hydroxyl groups is 1. The van der Waals surface area contributed by atoms with Crippen molar-refractivity contribution in [2.45, 2.75) is 136 Å². The van der Waals surface area contributed by atoms with Gasteiger partial charge >= 0.3 is 18.0 Å². The number of rotatable bonds is 8. The zero-order valence-corrected chi connectivity index (χ0v) is 35.4. The first-order valence-electron chi connectivity index (χ1n) is 20.4. The van der Waals surface area contributed by atoms with Crippen LogP contribution in [0, 0.1) is 29.6 Å². The molecule has 3 aliphatic heterocycles. The molecule has 13 atom stereocenters. The summed E-state index contributed by atoms with van der Waals surface area (Å²) in [6.07, 6.45) is -3.59. The van der Waals surface area contributed by atoms with Crippen LogP contribution in [0.4, 0.5) is 4.79 Å². The Kier molecular flexibility index (Phi) is 14.2. The van der Waals surface area contributed by atoms with Crippen LogP contribution >= 0.6 is 0 Å². The van der Waals surface area contributed by atoms with Crippen molar-refractivity contribution in [2.24, 2.45) is 29.6 Å². The average molecular weight is 808 g/mol. The fourth-order valence-corrected chi connectivity index (χ4v) is 9.14. The van der Waals surface area contributed by atoms with E-state index < -0.39 is 89.2 Å². The lowest BCUT2D eigenvalue weighted by Crippen LogP contribution is -2.60. The van der Waals surface area contributed by atoms with E-state index in [9.17, 15) is 29.1 Å². The molecule has 2 N–H and O–H groups in total. The molecule has 1 aromatic carbocycles. The zero-order chi connectivity index (χ0) is 42.7. The summed E-state index contributed by atoms with van der Waals surface area (Å²) in [5.74, 6) is -6.82. The largest absolute Gasteiger partial charge is 0.458 e. The smallest absolute Gasteiger partial charge is 0.408 e. The number of carbonyl (C=O) groups is 5. The SMILES string of the molecule is CC[C@H]1OC(=O)[C@H](C)C(=O)[C@H](C)[C@@H](O[C@@H]2O[C@H](C)C[C@H](N(C)C)[C@H]2O)[C@](C)(OC(=O)NCc2ccc(-c3ccccn3)cc2)C[C@@H](C)C(=O)[C@H](C)[C@H]2CC(=O)O[C@@]21C. The van der Waals surface area contributed by atoms with Crippen molar-refractivity contribution in [3.63, 3.8) is 0 Å². The summed E-state index contributed by atoms with van der Waals surface area (Å²) in [6, 6.07) is 12.8. The number of amides is 1. The van der Waals surface area contributed by atoms with Gasteiger partial charge in [0.25, 0.3) is 0 Å². The number of nitrogens with one attached hydrogen (secondary N) is 1. The van der Waals surface area contributed by atoms with Gasteiger partial charge in [-0.2, -0.15) is 0 Å². The lowest BCUT2D eigenvalue weighted by Gasteiger charge is -2.47. The molecule has 14 nitrogen and oxygen atoms in total. The predicted molar refractivity (Wildman–Crippen MR) is 213 cm³/mol. The number of carbonyl (C=O) groups excluding carboxylic acids is 5. The third-order valence-electron chi connectivity index (χ3n) is 12.5. The van der Waals surface area contributed by atoms with Crippen LogP contribution in [0.15, 0.2) is 48.7 Å². The second-order valence-electron chi connectivity index (χ2n) is 17.1. The van der Waals surface area contributed by atoms with Gasteiger partial charge in [0.1, 0.15) is 41.2 Å². The molecule has 0 aliphatic carbocycles. The summed E-state index contributed by atoms with van der Waals surface area (Å²) in [4.78, 5) is 75.8. The highest BCUT2D eigenvalue weighted by Gasteiger charge is 2.57. The highest BCUT2D eigenvalue weighted by atomic mass is 16.7. The van der Waals surface area contributed by atoms with Crippen molar-refractivity contribution in [1.82, 2.24) is 15.2 Å². The van der Waals surface area contributed by atoms with Gasteiger partial charge in [0.15, 0.2) is 12.1 Å². The summed E-state index contributed by atoms with van der Waals surface area (Å²) in [5, 5.41) is 14.4. The molecule has 0 saturated carbocycles. The van der Waals surface area contributed by atoms with Gasteiger partial charge in [-0.15, -0.1) is 0 Å². The van der Waals surface area contributed by atoms with E-state index in [0.29, 0.717) is 6.42 Å². The molecule has 318 valence electrons. The fraction of sp³-hybridized carbons (Fsp3) is 0.636. The molecule has 3 saturated heterocycles. The number of esters is 2. The number of pyridine rings is 1. The first kappa shape index (κ1) is 44.9. The Labute approximate surface area is 341 Å². The summed E-state index contributed by atoms with van der Waals surface area (Å²) >= 11 is 0. The minimum Gasteiger partial charge on any atom is -0.458 e. The second kappa shape index (κ2) is 18.4. The summed E-state index contributed by atoms with van der Waals surface area (Å²) in [5.41, 5.74) is -0.569. The van der Waals surface area contributed by atoms with Crippen LogP contribution < -0.4 is 5.32 Å². The van der Waals surface area contributed by atoms with Crippen LogP contribution in [0.5, 0.6) is 0 Å². The van der Waals surface area contributed by atoms with Gasteiger partial charge in [0.2, 0.25) is 0 Å². The number of likely N-dealkylation sites (N-methyl/N-ethyl adjacent to an activating group) is 1. The molecule has 0 radical (unpaired) electrons. The van der Waals surface area contributed by atoms with E-state index in [1.54, 1.807) is 47.7 Å². The molecule has 4 heterocycles. The maximum absolute atomic E-state index is 14.5. The number of ether oxygens (including phenoxy) is 5. The summed E-state index contributed by atoms with van der Waals surface area (Å²) in [6.45, 7) is 13.4. The van der Waals surface area contributed by atoms with Crippen molar-refractivity contribution >= 4 is 29.6 Å². The van der Waals surface area contributed by atoms with E-state index in [-0.39, 0.29) is 43.7 Å². The molecule has 3 fully saturated rings. The predicted octanol–water partition coefficient (Wildman–Crippen LogP) is 5.27. The zero-order valence-electron chi connectivity index (χ0n) is 35.4. The lowest BCUT2D eigenvalue weighted by molar-refractivity contribution is -0.292. The highest BCUT2D eigenvalue weighted by molar-refractivity contribution is 6.00. The Bertz CT molecular complexity index is 1790. The number of aromatic nitrogens is 1. The Morgan fingerprint density at radius 3 is 2.29 bits per heavy atom. The molecule has 0 bridgehead atoms. The number of hydrogen-bond acceptors (Lipinski definition) is 13. The van der Waals surface area contributed by atoms with E-state index in [4.69, 9.17) is 23.7 Å². The molecule has 3 aliphatic rings. The number of ketones is 2. The van der Waals surface area contributed by atoms with E-state index in [1.807, 2.05) is 68.4 Å². The van der Waals surface area contributed by atoms with Crippen molar-refractivity contribution in [3.05, 3.63) is 54.2 Å². The Morgan fingerprint density at radius 1 is 0.983 bits per heavy atom.